The van der Waals surface area contributed by atoms with Gasteiger partial charge in [0.15, 0.2) is 0 Å². The number of carbonyl (C=O) groups excluding carboxylic acids is 2. The first-order chi connectivity index (χ1) is 14.0. The number of hydrogen-bond donors (Lipinski definition) is 1. The second-order valence-corrected chi connectivity index (χ2v) is 9.60. The van der Waals surface area contributed by atoms with Crippen LogP contribution in [0.15, 0.2) is 18.2 Å². The maximum absolute atomic E-state index is 13.1. The number of carbonyl (C=O) groups is 2. The molecule has 29 heavy (non-hydrogen) atoms. The second-order valence-electron chi connectivity index (χ2n) is 9.60. The summed E-state index contributed by atoms with van der Waals surface area (Å²) in [5.74, 6) is 0.373. The van der Waals surface area contributed by atoms with E-state index in [0.717, 1.165) is 37.4 Å². The molecular formula is C24H31NO4. The molecule has 3 aliphatic carbocycles. The van der Waals surface area contributed by atoms with E-state index in [1.165, 1.54) is 24.8 Å². The molecule has 5 nitrogen and oxygen atoms in total. The number of aromatic hydroxyl groups is 1. The van der Waals surface area contributed by atoms with Crippen LogP contribution in [0.4, 0.5) is 0 Å². The van der Waals surface area contributed by atoms with Crippen LogP contribution in [0.25, 0.3) is 0 Å². The number of rotatable bonds is 4. The van der Waals surface area contributed by atoms with E-state index < -0.39 is 5.92 Å². The first kappa shape index (κ1) is 19.1. The summed E-state index contributed by atoms with van der Waals surface area (Å²) in [5.41, 5.74) is 2.18. The minimum atomic E-state index is -0.627. The average molecular weight is 398 g/mol. The van der Waals surface area contributed by atoms with Crippen LogP contribution >= 0.6 is 0 Å². The number of benzene rings is 1. The zero-order valence-corrected chi connectivity index (χ0v) is 17.2. The number of ether oxygens (including phenoxy) is 1. The maximum atomic E-state index is 13.1. The van der Waals surface area contributed by atoms with Crippen molar-refractivity contribution in [2.45, 2.75) is 63.3 Å². The van der Waals surface area contributed by atoms with Crippen LogP contribution in [-0.2, 0) is 26.2 Å². The molecule has 2 bridgehead atoms. The summed E-state index contributed by atoms with van der Waals surface area (Å²) in [7, 11) is 0. The lowest BCUT2D eigenvalue weighted by atomic mass is 9.50. The van der Waals surface area contributed by atoms with Gasteiger partial charge in [-0.15, -0.1) is 0 Å². The molecule has 5 rings (SSSR count). The standard InChI is InChI=1S/C24H31NO4/c1-2-29-23(28)18-12-20-21-10-16-6-7-17(26)11-19(16)24(20,13-22(18)27)8-9-25(21)14-15-4-3-5-15/h6-7,11,15,18,20-21,26H,2-5,8-10,12-14H2,1H3/t18?,20-,21+,24+/m0/s1. The van der Waals surface area contributed by atoms with E-state index in [1.54, 1.807) is 13.0 Å². The highest BCUT2D eigenvalue weighted by atomic mass is 16.5. The molecule has 4 aliphatic rings. The molecular weight excluding hydrogens is 366 g/mol. The van der Waals surface area contributed by atoms with Gasteiger partial charge in [0.2, 0.25) is 0 Å². The van der Waals surface area contributed by atoms with E-state index in [-0.39, 0.29) is 28.8 Å². The molecule has 1 aliphatic heterocycles. The summed E-state index contributed by atoms with van der Waals surface area (Å²) in [4.78, 5) is 28.3. The smallest absolute Gasteiger partial charge is 0.316 e. The minimum absolute atomic E-state index is 0.0158. The Hall–Kier alpha value is -1.88. The fourth-order valence-corrected chi connectivity index (χ4v) is 6.58. The number of Topliss-reactive ketones (excluding diaryl/α,β-unsaturated/α-hetero) is 1. The van der Waals surface area contributed by atoms with Gasteiger partial charge in [-0.25, -0.2) is 0 Å². The number of esters is 1. The van der Waals surface area contributed by atoms with E-state index in [4.69, 9.17) is 4.74 Å². The number of nitrogens with zero attached hydrogens (tertiary/aromatic N) is 1. The zero-order chi connectivity index (χ0) is 20.2. The van der Waals surface area contributed by atoms with Gasteiger partial charge < -0.3 is 9.84 Å². The molecule has 0 spiro atoms. The van der Waals surface area contributed by atoms with Gasteiger partial charge in [-0.3, -0.25) is 14.5 Å². The summed E-state index contributed by atoms with van der Waals surface area (Å²) in [6, 6.07) is 6.07. The third-order valence-corrected chi connectivity index (χ3v) is 8.20. The lowest BCUT2D eigenvalue weighted by Crippen LogP contribution is -2.64. The lowest BCUT2D eigenvalue weighted by molar-refractivity contribution is -0.157. The number of piperidine rings is 1. The molecule has 5 heteroatoms. The van der Waals surface area contributed by atoms with Gasteiger partial charge in [0.05, 0.1) is 6.61 Å². The van der Waals surface area contributed by atoms with Crippen LogP contribution in [-0.4, -0.2) is 47.5 Å². The normalized spacial score (nSPS) is 34.1. The van der Waals surface area contributed by atoms with Crippen molar-refractivity contribution in [2.75, 3.05) is 19.7 Å². The van der Waals surface area contributed by atoms with E-state index >= 15 is 0 Å². The van der Waals surface area contributed by atoms with Crippen molar-refractivity contribution in [3.8, 4) is 5.75 Å². The van der Waals surface area contributed by atoms with Crippen molar-refractivity contribution in [1.82, 2.24) is 4.90 Å². The number of fused-ring (bicyclic) bond motifs is 1. The molecule has 0 aromatic heterocycles. The van der Waals surface area contributed by atoms with Gasteiger partial charge >= 0.3 is 5.97 Å². The Morgan fingerprint density at radius 1 is 1.34 bits per heavy atom. The highest BCUT2D eigenvalue weighted by Crippen LogP contribution is 2.56. The van der Waals surface area contributed by atoms with Crippen molar-refractivity contribution in [3.05, 3.63) is 29.3 Å². The molecule has 1 aromatic carbocycles. The quantitative estimate of drug-likeness (QED) is 0.624. The largest absolute Gasteiger partial charge is 0.508 e. The van der Waals surface area contributed by atoms with E-state index in [1.807, 2.05) is 12.1 Å². The van der Waals surface area contributed by atoms with Crippen LogP contribution in [0.1, 0.15) is 56.6 Å². The minimum Gasteiger partial charge on any atom is -0.508 e. The third-order valence-electron chi connectivity index (χ3n) is 8.20. The van der Waals surface area contributed by atoms with E-state index in [2.05, 4.69) is 4.90 Å². The lowest BCUT2D eigenvalue weighted by Gasteiger charge is -2.60. The van der Waals surface area contributed by atoms with Crippen molar-refractivity contribution in [1.29, 1.82) is 0 Å². The number of phenols is 1. The Kier molecular flexibility index (Phi) is 4.69. The summed E-state index contributed by atoms with van der Waals surface area (Å²) in [6.45, 7) is 4.25. The van der Waals surface area contributed by atoms with Gasteiger partial charge in [0, 0.05) is 24.4 Å². The Morgan fingerprint density at radius 3 is 2.90 bits per heavy atom. The van der Waals surface area contributed by atoms with Crippen molar-refractivity contribution < 1.29 is 19.4 Å². The zero-order valence-electron chi connectivity index (χ0n) is 17.2. The summed E-state index contributed by atoms with van der Waals surface area (Å²) in [5, 5.41) is 10.2. The van der Waals surface area contributed by atoms with Gasteiger partial charge in [0.1, 0.15) is 17.5 Å². The van der Waals surface area contributed by atoms with E-state index in [9.17, 15) is 14.7 Å². The van der Waals surface area contributed by atoms with Crippen LogP contribution in [0.3, 0.4) is 0 Å². The molecule has 1 unspecified atom stereocenters. The molecule has 2 saturated carbocycles. The molecule has 1 N–H and O–H groups in total. The van der Waals surface area contributed by atoms with Gasteiger partial charge in [-0.2, -0.15) is 0 Å². The number of likely N-dealkylation sites (tertiary alicyclic amines) is 1. The monoisotopic (exact) mass is 397 g/mol. The first-order valence-corrected chi connectivity index (χ1v) is 11.3. The van der Waals surface area contributed by atoms with Gasteiger partial charge in [-0.1, -0.05) is 12.5 Å². The Balaban J connectivity index is 1.53. The Labute approximate surface area is 172 Å². The number of ketones is 1. The van der Waals surface area contributed by atoms with Gasteiger partial charge in [-0.05, 0) is 80.7 Å². The number of phenolic OH excluding ortho intramolecular Hbond substituents is 1. The molecule has 1 heterocycles. The van der Waals surface area contributed by atoms with Crippen LogP contribution in [0.2, 0.25) is 0 Å². The predicted octanol–water partition coefficient (Wildman–Crippen LogP) is 3.22. The predicted molar refractivity (Wildman–Crippen MR) is 109 cm³/mol. The van der Waals surface area contributed by atoms with Crippen molar-refractivity contribution in [3.63, 3.8) is 0 Å². The van der Waals surface area contributed by atoms with Crippen LogP contribution in [0.5, 0.6) is 5.75 Å². The fourth-order valence-electron chi connectivity index (χ4n) is 6.58. The molecule has 1 saturated heterocycles. The van der Waals surface area contributed by atoms with Crippen molar-refractivity contribution >= 4 is 11.8 Å². The molecule has 0 amide bonds. The van der Waals surface area contributed by atoms with Crippen LogP contribution < -0.4 is 0 Å². The first-order valence-electron chi connectivity index (χ1n) is 11.3. The molecule has 156 valence electrons. The molecule has 1 aromatic rings. The average Bonchev–Trinajstić information content (AvgIpc) is 2.66. The maximum Gasteiger partial charge on any atom is 0.316 e. The van der Waals surface area contributed by atoms with E-state index in [0.29, 0.717) is 25.5 Å². The molecule has 3 fully saturated rings. The Bertz CT molecular complexity index is 832. The summed E-state index contributed by atoms with van der Waals surface area (Å²) >= 11 is 0. The summed E-state index contributed by atoms with van der Waals surface area (Å²) in [6.07, 6.45) is 6.85. The molecule has 0 radical (unpaired) electrons. The number of hydrogen-bond acceptors (Lipinski definition) is 5. The fraction of sp³-hybridized carbons (Fsp3) is 0.667. The third kappa shape index (κ3) is 3.00. The SMILES string of the molecule is CCOC(=O)C1C[C@H]2[C@H]3Cc4ccc(O)cc4[C@@]2(CCN3CC2CCC2)CC1=O. The highest BCUT2D eigenvalue weighted by Gasteiger charge is 2.58. The summed E-state index contributed by atoms with van der Waals surface area (Å²) < 4.78 is 5.24. The van der Waals surface area contributed by atoms with Gasteiger partial charge in [0.25, 0.3) is 0 Å². The topological polar surface area (TPSA) is 66.8 Å². The van der Waals surface area contributed by atoms with Crippen molar-refractivity contribution in [2.24, 2.45) is 17.8 Å². The Morgan fingerprint density at radius 2 is 2.17 bits per heavy atom. The highest BCUT2D eigenvalue weighted by molar-refractivity contribution is 6.00. The second kappa shape index (κ2) is 7.12. The molecule has 4 atom stereocenters. The van der Waals surface area contributed by atoms with Crippen LogP contribution in [0, 0.1) is 17.8 Å².